The van der Waals surface area contributed by atoms with E-state index < -0.39 is 20.5 Å². The van der Waals surface area contributed by atoms with Crippen molar-refractivity contribution in [1.29, 1.82) is 0 Å². The molecular formula is C18H21NO4S. The van der Waals surface area contributed by atoms with Crippen LogP contribution in [-0.4, -0.2) is 30.5 Å². The van der Waals surface area contributed by atoms with Crippen LogP contribution in [-0.2, 0) is 21.1 Å². The molecule has 0 unspecified atom stereocenters. The number of benzene rings is 2. The Balaban J connectivity index is 2.15. The van der Waals surface area contributed by atoms with Crippen molar-refractivity contribution >= 4 is 15.7 Å². The number of hydrogen-bond donors (Lipinski definition) is 2. The van der Waals surface area contributed by atoms with Gasteiger partial charge in [0, 0.05) is 6.26 Å². The third-order valence-corrected chi connectivity index (χ3v) is 6.38. The van der Waals surface area contributed by atoms with Crippen molar-refractivity contribution in [2.45, 2.75) is 24.5 Å². The second-order valence-electron chi connectivity index (χ2n) is 6.01. The summed E-state index contributed by atoms with van der Waals surface area (Å²) in [5.41, 5.74) is 4.56. The summed E-state index contributed by atoms with van der Waals surface area (Å²) < 4.78 is 22.2. The Kier molecular flexibility index (Phi) is 5.41. The van der Waals surface area contributed by atoms with Gasteiger partial charge in [0.25, 0.3) is 5.91 Å². The molecule has 2 N–H and O–H groups in total. The van der Waals surface area contributed by atoms with Crippen LogP contribution in [0.15, 0.2) is 54.6 Å². The highest BCUT2D eigenvalue weighted by Gasteiger charge is 2.43. The van der Waals surface area contributed by atoms with Gasteiger partial charge < -0.3 is 0 Å². The quantitative estimate of drug-likeness (QED) is 0.621. The van der Waals surface area contributed by atoms with Gasteiger partial charge in [0.05, 0.1) is 0 Å². The molecule has 5 nitrogen and oxygen atoms in total. The van der Waals surface area contributed by atoms with Crippen molar-refractivity contribution in [1.82, 2.24) is 5.48 Å². The molecule has 0 aromatic heterocycles. The molecule has 0 saturated heterocycles. The minimum absolute atomic E-state index is 0.0862. The second-order valence-corrected chi connectivity index (χ2v) is 8.45. The average molecular weight is 347 g/mol. The topological polar surface area (TPSA) is 83.5 Å². The van der Waals surface area contributed by atoms with Crippen molar-refractivity contribution < 1.29 is 18.4 Å². The lowest BCUT2D eigenvalue weighted by atomic mass is 9.97. The maximum Gasteiger partial charge on any atom is 0.264 e. The van der Waals surface area contributed by atoms with Crippen LogP contribution in [0.3, 0.4) is 0 Å². The molecule has 0 fully saturated rings. The van der Waals surface area contributed by atoms with Crippen molar-refractivity contribution in [3.05, 3.63) is 60.2 Å². The lowest BCUT2D eigenvalue weighted by Gasteiger charge is -2.25. The highest BCUT2D eigenvalue weighted by atomic mass is 32.2. The van der Waals surface area contributed by atoms with Crippen LogP contribution in [0.4, 0.5) is 0 Å². The highest BCUT2D eigenvalue weighted by Crippen LogP contribution is 2.25. The predicted octanol–water partition coefficient (Wildman–Crippen LogP) is 2.59. The first-order valence-electron chi connectivity index (χ1n) is 7.56. The molecule has 0 aliphatic heterocycles. The van der Waals surface area contributed by atoms with E-state index in [0.717, 1.165) is 22.9 Å². The molecule has 0 aliphatic carbocycles. The van der Waals surface area contributed by atoms with Gasteiger partial charge in [-0.25, -0.2) is 13.9 Å². The van der Waals surface area contributed by atoms with E-state index in [-0.39, 0.29) is 6.42 Å². The van der Waals surface area contributed by atoms with Crippen molar-refractivity contribution in [2.24, 2.45) is 0 Å². The average Bonchev–Trinajstić information content (AvgIpc) is 2.59. The van der Waals surface area contributed by atoms with E-state index >= 15 is 0 Å². The van der Waals surface area contributed by atoms with E-state index in [9.17, 15) is 13.2 Å². The van der Waals surface area contributed by atoms with Crippen molar-refractivity contribution in [3.63, 3.8) is 0 Å². The summed E-state index contributed by atoms with van der Waals surface area (Å²) in [7, 11) is -3.67. The van der Waals surface area contributed by atoms with Crippen LogP contribution in [0.5, 0.6) is 0 Å². The fraction of sp³-hybridized carbons (Fsp3) is 0.278. The van der Waals surface area contributed by atoms with Gasteiger partial charge >= 0.3 is 0 Å². The Morgan fingerprint density at radius 3 is 2.08 bits per heavy atom. The second kappa shape index (κ2) is 7.15. The molecule has 128 valence electrons. The summed E-state index contributed by atoms with van der Waals surface area (Å²) in [6, 6.07) is 17.7. The van der Waals surface area contributed by atoms with E-state index in [1.165, 1.54) is 12.4 Å². The van der Waals surface area contributed by atoms with Crippen LogP contribution in [0.1, 0.15) is 18.9 Å². The molecule has 1 amide bonds. The Morgan fingerprint density at radius 1 is 1.04 bits per heavy atom. The third kappa shape index (κ3) is 3.83. The van der Waals surface area contributed by atoms with Gasteiger partial charge in [0.15, 0.2) is 9.84 Å². The Morgan fingerprint density at radius 2 is 1.58 bits per heavy atom. The standard InChI is InChI=1S/C18H21NO4S/c1-18(17(20)19-21,24(2,22)23)13-12-14-8-10-16(11-9-14)15-6-4-3-5-7-15/h3-11,21H,12-13H2,1-2H3,(H,19,20)/t18-/m0/s1. The lowest BCUT2D eigenvalue weighted by molar-refractivity contribution is -0.131. The third-order valence-electron chi connectivity index (χ3n) is 4.35. The van der Waals surface area contributed by atoms with Gasteiger partial charge in [0.2, 0.25) is 0 Å². The summed E-state index contributed by atoms with van der Waals surface area (Å²) >= 11 is 0. The fourth-order valence-electron chi connectivity index (χ4n) is 2.46. The molecule has 2 aromatic carbocycles. The Labute approximate surface area is 142 Å². The molecule has 6 heteroatoms. The van der Waals surface area contributed by atoms with Gasteiger partial charge in [-0.1, -0.05) is 54.6 Å². The zero-order chi connectivity index (χ0) is 17.8. The predicted molar refractivity (Wildman–Crippen MR) is 93.4 cm³/mol. The van der Waals surface area contributed by atoms with Crippen LogP contribution in [0, 0.1) is 0 Å². The minimum atomic E-state index is -3.67. The van der Waals surface area contributed by atoms with Gasteiger partial charge in [-0.2, -0.15) is 0 Å². The number of rotatable bonds is 6. The summed E-state index contributed by atoms with van der Waals surface area (Å²) in [5.74, 6) is -0.911. The van der Waals surface area contributed by atoms with Crippen LogP contribution in [0.2, 0.25) is 0 Å². The minimum Gasteiger partial charge on any atom is -0.289 e. The zero-order valence-corrected chi connectivity index (χ0v) is 14.5. The van der Waals surface area contributed by atoms with Crippen LogP contribution >= 0.6 is 0 Å². The van der Waals surface area contributed by atoms with E-state index in [1.54, 1.807) is 0 Å². The van der Waals surface area contributed by atoms with E-state index in [4.69, 9.17) is 5.21 Å². The molecule has 2 rings (SSSR count). The molecule has 0 spiro atoms. The van der Waals surface area contributed by atoms with Gasteiger partial charge in [-0.3, -0.25) is 10.0 Å². The molecular weight excluding hydrogens is 326 g/mol. The Bertz CT molecular complexity index is 801. The van der Waals surface area contributed by atoms with Gasteiger partial charge in [-0.15, -0.1) is 0 Å². The molecule has 0 aliphatic rings. The molecule has 0 heterocycles. The summed E-state index contributed by atoms with van der Waals surface area (Å²) in [4.78, 5) is 11.8. The SMILES string of the molecule is C[C@](CCc1ccc(-c2ccccc2)cc1)(C(=O)NO)S(C)(=O)=O. The lowest BCUT2D eigenvalue weighted by Crippen LogP contribution is -2.49. The van der Waals surface area contributed by atoms with Gasteiger partial charge in [0.1, 0.15) is 4.75 Å². The molecule has 0 bridgehead atoms. The highest BCUT2D eigenvalue weighted by molar-refractivity contribution is 7.92. The molecule has 0 radical (unpaired) electrons. The largest absolute Gasteiger partial charge is 0.289 e. The summed E-state index contributed by atoms with van der Waals surface area (Å²) in [6.45, 7) is 1.33. The molecule has 24 heavy (non-hydrogen) atoms. The van der Waals surface area contributed by atoms with E-state index in [2.05, 4.69) is 0 Å². The number of carbonyl (C=O) groups excluding carboxylic acids is 1. The number of carbonyl (C=O) groups is 1. The first kappa shape index (κ1) is 18.2. The summed E-state index contributed by atoms with van der Waals surface area (Å²) in [6.07, 6.45) is 1.50. The van der Waals surface area contributed by atoms with Crippen molar-refractivity contribution in [2.75, 3.05) is 6.26 Å². The molecule has 1 atom stereocenters. The number of amides is 1. The number of hydroxylamine groups is 1. The summed E-state index contributed by atoms with van der Waals surface area (Å²) in [5, 5.41) is 8.83. The first-order chi connectivity index (χ1) is 11.3. The number of nitrogens with one attached hydrogen (secondary N) is 1. The zero-order valence-electron chi connectivity index (χ0n) is 13.7. The number of sulfone groups is 1. The monoisotopic (exact) mass is 347 g/mol. The maximum absolute atomic E-state index is 11.9. The maximum atomic E-state index is 11.9. The fourth-order valence-corrected chi connectivity index (χ4v) is 3.32. The van der Waals surface area contributed by atoms with Gasteiger partial charge in [-0.05, 0) is 36.5 Å². The normalized spacial score (nSPS) is 14.0. The molecule has 2 aromatic rings. The number of hydrogen-bond acceptors (Lipinski definition) is 4. The molecule has 0 saturated carbocycles. The van der Waals surface area contributed by atoms with Crippen LogP contribution < -0.4 is 5.48 Å². The Hall–Kier alpha value is -2.18. The number of aryl methyl sites for hydroxylation is 1. The van der Waals surface area contributed by atoms with E-state index in [1.807, 2.05) is 54.6 Å². The van der Waals surface area contributed by atoms with Crippen molar-refractivity contribution in [3.8, 4) is 11.1 Å². The van der Waals surface area contributed by atoms with Crippen LogP contribution in [0.25, 0.3) is 11.1 Å². The van der Waals surface area contributed by atoms with E-state index in [0.29, 0.717) is 6.42 Å². The smallest absolute Gasteiger partial charge is 0.264 e. The first-order valence-corrected chi connectivity index (χ1v) is 9.45.